The highest BCUT2D eigenvalue weighted by molar-refractivity contribution is 6.00. The van der Waals surface area contributed by atoms with E-state index in [0.29, 0.717) is 28.7 Å². The van der Waals surface area contributed by atoms with Gasteiger partial charge in [0.2, 0.25) is 5.91 Å². The number of methoxy groups -OCH3 is 1. The highest BCUT2D eigenvalue weighted by Crippen LogP contribution is 2.39. The molecule has 2 aromatic carbocycles. The molecule has 4 aromatic rings. The molecular weight excluding hydrogens is 473 g/mol. The summed E-state index contributed by atoms with van der Waals surface area (Å²) in [5, 5.41) is 6.12. The standard InChI is InChI=1S/C28H28FN5O3/c1-4-28(35)32-23-13-22(25(36-3)14-26(23)37-21-10-11-33(2)16-21)31-27-17-34-20(15-30-27)8-9-24(34)18-6-5-7-19(29)12-18/h4-9,12-15,17,21,31H,1,10-11,16H2,2-3H3,(H,32,35). The molecule has 0 aliphatic carbocycles. The predicted octanol–water partition coefficient (Wildman–Crippen LogP) is 5.10. The fraction of sp³-hybridized carbons (Fsp3) is 0.214. The van der Waals surface area contributed by atoms with E-state index in [2.05, 4.69) is 27.1 Å². The molecule has 3 heterocycles. The van der Waals surface area contributed by atoms with Crippen LogP contribution >= 0.6 is 0 Å². The van der Waals surface area contributed by atoms with Crippen LogP contribution in [0.1, 0.15) is 6.42 Å². The second-order valence-corrected chi connectivity index (χ2v) is 8.95. The van der Waals surface area contributed by atoms with Gasteiger partial charge in [-0.05, 0) is 49.9 Å². The third-order valence-electron chi connectivity index (χ3n) is 6.31. The lowest BCUT2D eigenvalue weighted by molar-refractivity contribution is -0.111. The number of anilines is 3. The maximum atomic E-state index is 13.8. The number of benzene rings is 2. The van der Waals surface area contributed by atoms with Crippen molar-refractivity contribution in [3.05, 3.63) is 79.4 Å². The van der Waals surface area contributed by atoms with E-state index in [1.165, 1.54) is 18.2 Å². The van der Waals surface area contributed by atoms with Crippen molar-refractivity contribution in [3.8, 4) is 22.8 Å². The first-order valence-corrected chi connectivity index (χ1v) is 11.9. The largest absolute Gasteiger partial charge is 0.494 e. The van der Waals surface area contributed by atoms with Crippen molar-refractivity contribution < 1.29 is 18.7 Å². The Balaban J connectivity index is 1.50. The van der Waals surface area contributed by atoms with Crippen molar-refractivity contribution in [2.75, 3.05) is 37.9 Å². The van der Waals surface area contributed by atoms with E-state index < -0.39 is 0 Å². The van der Waals surface area contributed by atoms with Crippen LogP contribution in [0.15, 0.2) is 73.6 Å². The molecule has 1 fully saturated rings. The van der Waals surface area contributed by atoms with Crippen molar-refractivity contribution in [3.63, 3.8) is 0 Å². The van der Waals surface area contributed by atoms with Crippen molar-refractivity contribution in [1.29, 1.82) is 0 Å². The fourth-order valence-electron chi connectivity index (χ4n) is 4.47. The van der Waals surface area contributed by atoms with Crippen LogP contribution in [-0.4, -0.2) is 53.5 Å². The molecule has 190 valence electrons. The van der Waals surface area contributed by atoms with Crippen LogP contribution in [0, 0.1) is 5.82 Å². The average Bonchev–Trinajstić information content (AvgIpc) is 3.50. The number of hydrogen-bond donors (Lipinski definition) is 2. The zero-order valence-corrected chi connectivity index (χ0v) is 20.7. The third-order valence-corrected chi connectivity index (χ3v) is 6.31. The summed E-state index contributed by atoms with van der Waals surface area (Å²) in [7, 11) is 3.62. The second kappa shape index (κ2) is 10.3. The fourth-order valence-corrected chi connectivity index (χ4v) is 4.47. The Morgan fingerprint density at radius 2 is 2.05 bits per heavy atom. The summed E-state index contributed by atoms with van der Waals surface area (Å²) in [5.74, 6) is 0.922. The first-order chi connectivity index (χ1) is 17.9. The number of carbonyl (C=O) groups excluding carboxylic acids is 1. The van der Waals surface area contributed by atoms with E-state index in [1.807, 2.05) is 35.8 Å². The van der Waals surface area contributed by atoms with E-state index in [4.69, 9.17) is 9.47 Å². The number of carbonyl (C=O) groups is 1. The Bertz CT molecular complexity index is 1470. The summed E-state index contributed by atoms with van der Waals surface area (Å²) in [6.45, 7) is 5.29. The monoisotopic (exact) mass is 501 g/mol. The Morgan fingerprint density at radius 3 is 2.78 bits per heavy atom. The number of rotatable bonds is 8. The number of halogens is 1. The van der Waals surface area contributed by atoms with Gasteiger partial charge < -0.3 is 29.4 Å². The van der Waals surface area contributed by atoms with Gasteiger partial charge in [-0.25, -0.2) is 9.37 Å². The number of hydrogen-bond acceptors (Lipinski definition) is 6. The SMILES string of the molecule is C=CC(=O)Nc1cc(Nc2cn3c(-c4cccc(F)c4)ccc3cn2)c(OC)cc1OC1CCN(C)C1. The normalized spacial score (nSPS) is 15.5. The molecule has 1 aliphatic rings. The van der Waals surface area contributed by atoms with Gasteiger partial charge in [-0.3, -0.25) is 4.79 Å². The van der Waals surface area contributed by atoms with Gasteiger partial charge in [-0.2, -0.15) is 0 Å². The molecule has 0 saturated carbocycles. The van der Waals surface area contributed by atoms with E-state index in [0.717, 1.165) is 36.3 Å². The molecule has 9 heteroatoms. The number of amides is 1. The van der Waals surface area contributed by atoms with Crippen LogP contribution in [0.2, 0.25) is 0 Å². The maximum absolute atomic E-state index is 13.8. The number of fused-ring (bicyclic) bond motifs is 1. The van der Waals surface area contributed by atoms with E-state index in [1.54, 1.807) is 31.5 Å². The summed E-state index contributed by atoms with van der Waals surface area (Å²) in [6.07, 6.45) is 5.66. The van der Waals surface area contributed by atoms with Crippen LogP contribution < -0.4 is 20.1 Å². The predicted molar refractivity (Wildman–Crippen MR) is 142 cm³/mol. The minimum atomic E-state index is -0.351. The van der Waals surface area contributed by atoms with Crippen LogP contribution in [0.3, 0.4) is 0 Å². The summed E-state index contributed by atoms with van der Waals surface area (Å²) >= 11 is 0. The van der Waals surface area contributed by atoms with Gasteiger partial charge in [-0.15, -0.1) is 0 Å². The van der Waals surface area contributed by atoms with Crippen LogP contribution in [-0.2, 0) is 4.79 Å². The van der Waals surface area contributed by atoms with E-state index in [9.17, 15) is 9.18 Å². The Hall–Kier alpha value is -4.37. The quantitative estimate of drug-likeness (QED) is 0.327. The lowest BCUT2D eigenvalue weighted by Crippen LogP contribution is -2.22. The molecule has 0 radical (unpaired) electrons. The molecule has 1 unspecified atom stereocenters. The zero-order valence-electron chi connectivity index (χ0n) is 20.7. The number of nitrogens with one attached hydrogen (secondary N) is 2. The van der Waals surface area contributed by atoms with Crippen molar-refractivity contribution >= 4 is 28.6 Å². The van der Waals surface area contributed by atoms with Gasteiger partial charge in [0.15, 0.2) is 0 Å². The lowest BCUT2D eigenvalue weighted by Gasteiger charge is -2.20. The van der Waals surface area contributed by atoms with Crippen LogP contribution in [0.4, 0.5) is 21.6 Å². The molecular formula is C28H28FN5O3. The van der Waals surface area contributed by atoms with E-state index in [-0.39, 0.29) is 17.8 Å². The van der Waals surface area contributed by atoms with Crippen LogP contribution in [0.5, 0.6) is 11.5 Å². The molecule has 1 amide bonds. The Kier molecular flexibility index (Phi) is 6.78. The van der Waals surface area contributed by atoms with Gasteiger partial charge in [0.1, 0.15) is 29.2 Å². The molecule has 1 aliphatic heterocycles. The van der Waals surface area contributed by atoms with Gasteiger partial charge in [0, 0.05) is 24.7 Å². The summed E-state index contributed by atoms with van der Waals surface area (Å²) in [4.78, 5) is 18.9. The second-order valence-electron chi connectivity index (χ2n) is 8.95. The molecule has 8 nitrogen and oxygen atoms in total. The Morgan fingerprint density at radius 1 is 1.19 bits per heavy atom. The van der Waals surface area contributed by atoms with E-state index >= 15 is 0 Å². The van der Waals surface area contributed by atoms with Crippen molar-refractivity contribution in [2.45, 2.75) is 12.5 Å². The van der Waals surface area contributed by atoms with Crippen molar-refractivity contribution in [1.82, 2.24) is 14.3 Å². The van der Waals surface area contributed by atoms with Gasteiger partial charge in [0.05, 0.1) is 42.1 Å². The topological polar surface area (TPSA) is 80.1 Å². The zero-order chi connectivity index (χ0) is 25.9. The van der Waals surface area contributed by atoms with Gasteiger partial charge in [-0.1, -0.05) is 18.7 Å². The summed E-state index contributed by atoms with van der Waals surface area (Å²) < 4.78 is 27.7. The molecule has 1 atom stereocenters. The molecule has 5 rings (SSSR count). The smallest absolute Gasteiger partial charge is 0.247 e. The van der Waals surface area contributed by atoms with Crippen molar-refractivity contribution in [2.24, 2.45) is 0 Å². The summed E-state index contributed by atoms with van der Waals surface area (Å²) in [5.41, 5.74) is 3.52. The number of aromatic nitrogens is 2. The lowest BCUT2D eigenvalue weighted by atomic mass is 10.1. The highest BCUT2D eigenvalue weighted by atomic mass is 19.1. The van der Waals surface area contributed by atoms with Gasteiger partial charge in [0.25, 0.3) is 0 Å². The molecule has 2 aromatic heterocycles. The van der Waals surface area contributed by atoms with Crippen LogP contribution in [0.25, 0.3) is 16.8 Å². The minimum absolute atomic E-state index is 0.00644. The molecule has 0 spiro atoms. The number of likely N-dealkylation sites (tertiary alicyclic amines) is 1. The average molecular weight is 502 g/mol. The van der Waals surface area contributed by atoms with Gasteiger partial charge >= 0.3 is 0 Å². The molecule has 1 saturated heterocycles. The summed E-state index contributed by atoms with van der Waals surface area (Å²) in [6, 6.07) is 13.8. The highest BCUT2D eigenvalue weighted by Gasteiger charge is 2.23. The first kappa shape index (κ1) is 24.3. The molecule has 0 bridgehead atoms. The maximum Gasteiger partial charge on any atom is 0.247 e. The minimum Gasteiger partial charge on any atom is -0.494 e. The number of likely N-dealkylation sites (N-methyl/N-ethyl adjacent to an activating group) is 1. The number of nitrogens with zero attached hydrogens (tertiary/aromatic N) is 3. The third kappa shape index (κ3) is 5.26. The first-order valence-electron chi connectivity index (χ1n) is 11.9. The molecule has 37 heavy (non-hydrogen) atoms. The Labute approximate surface area is 214 Å². The number of ether oxygens (including phenoxy) is 2. The molecule has 2 N–H and O–H groups in total.